The molecule has 0 atom stereocenters. The van der Waals surface area contributed by atoms with Crippen LogP contribution >= 0.6 is 23.2 Å². The SMILES string of the molecule is COc1nc(Cl)c(C(F)F)cc1Cl. The van der Waals surface area contributed by atoms with Gasteiger partial charge < -0.3 is 4.74 Å². The van der Waals surface area contributed by atoms with Gasteiger partial charge in [-0.2, -0.15) is 4.98 Å². The zero-order valence-corrected chi connectivity index (χ0v) is 8.03. The molecular formula is C7H5Cl2F2NO. The van der Waals surface area contributed by atoms with Crippen molar-refractivity contribution in [3.63, 3.8) is 0 Å². The highest BCUT2D eigenvalue weighted by atomic mass is 35.5. The van der Waals surface area contributed by atoms with E-state index in [4.69, 9.17) is 23.2 Å². The minimum absolute atomic E-state index is 0.0159. The molecule has 0 saturated heterocycles. The Labute approximate surface area is 83.4 Å². The normalized spacial score (nSPS) is 10.6. The quantitative estimate of drug-likeness (QED) is 0.724. The standard InChI is InChI=1S/C7H5Cl2F2NO/c1-13-7-4(8)2-3(6(10)11)5(9)12-7/h2,6H,1H3. The third-order valence-corrected chi connectivity index (χ3v) is 1.93. The maximum Gasteiger partial charge on any atom is 0.266 e. The second-order valence-corrected chi connectivity index (χ2v) is 2.93. The Morgan fingerprint density at radius 3 is 2.54 bits per heavy atom. The molecule has 0 aliphatic rings. The van der Waals surface area contributed by atoms with E-state index in [9.17, 15) is 8.78 Å². The lowest BCUT2D eigenvalue weighted by molar-refractivity contribution is 0.151. The van der Waals surface area contributed by atoms with Crippen LogP contribution in [0.4, 0.5) is 8.78 Å². The van der Waals surface area contributed by atoms with Crippen LogP contribution in [0.25, 0.3) is 0 Å². The average molecular weight is 228 g/mol. The van der Waals surface area contributed by atoms with Crippen molar-refractivity contribution in [3.8, 4) is 5.88 Å². The maximum absolute atomic E-state index is 12.2. The summed E-state index contributed by atoms with van der Waals surface area (Å²) >= 11 is 11.0. The Kier molecular flexibility index (Phi) is 3.27. The molecule has 0 fully saturated rings. The molecule has 0 radical (unpaired) electrons. The Bertz CT molecular complexity index is 320. The summed E-state index contributed by atoms with van der Waals surface area (Å²) in [5.74, 6) is 0.0380. The number of ether oxygens (including phenoxy) is 1. The van der Waals surface area contributed by atoms with Crippen LogP contribution < -0.4 is 4.74 Å². The van der Waals surface area contributed by atoms with E-state index in [2.05, 4.69) is 9.72 Å². The van der Waals surface area contributed by atoms with E-state index in [1.807, 2.05) is 0 Å². The first-order valence-electron chi connectivity index (χ1n) is 3.24. The smallest absolute Gasteiger partial charge is 0.266 e. The van der Waals surface area contributed by atoms with Gasteiger partial charge >= 0.3 is 0 Å². The van der Waals surface area contributed by atoms with E-state index in [0.29, 0.717) is 0 Å². The van der Waals surface area contributed by atoms with Gasteiger partial charge in [-0.25, -0.2) is 8.78 Å². The first kappa shape index (κ1) is 10.5. The molecule has 0 aromatic carbocycles. The van der Waals surface area contributed by atoms with Crippen molar-refractivity contribution in [2.24, 2.45) is 0 Å². The van der Waals surface area contributed by atoms with Crippen LogP contribution in [0.2, 0.25) is 10.2 Å². The molecule has 1 rings (SSSR count). The second kappa shape index (κ2) is 4.07. The summed E-state index contributed by atoms with van der Waals surface area (Å²) < 4.78 is 29.1. The summed E-state index contributed by atoms with van der Waals surface area (Å²) in [6, 6.07) is 1.04. The third-order valence-electron chi connectivity index (χ3n) is 1.35. The highest BCUT2D eigenvalue weighted by Gasteiger charge is 2.16. The summed E-state index contributed by atoms with van der Waals surface area (Å²) in [6.45, 7) is 0. The van der Waals surface area contributed by atoms with E-state index in [-0.39, 0.29) is 16.1 Å². The van der Waals surface area contributed by atoms with Gasteiger partial charge in [0.25, 0.3) is 6.43 Å². The van der Waals surface area contributed by atoms with Crippen LogP contribution in [0.15, 0.2) is 6.07 Å². The Morgan fingerprint density at radius 2 is 2.08 bits per heavy atom. The Balaban J connectivity index is 3.20. The first-order chi connectivity index (χ1) is 6.06. The molecule has 0 saturated carbocycles. The van der Waals surface area contributed by atoms with Crippen molar-refractivity contribution in [1.82, 2.24) is 4.98 Å². The van der Waals surface area contributed by atoms with Crippen LogP contribution in [-0.4, -0.2) is 12.1 Å². The number of nitrogens with zero attached hydrogens (tertiary/aromatic N) is 1. The van der Waals surface area contributed by atoms with Crippen molar-refractivity contribution in [2.75, 3.05) is 7.11 Å². The molecule has 0 aliphatic carbocycles. The predicted molar refractivity (Wildman–Crippen MR) is 45.8 cm³/mol. The molecule has 0 unspecified atom stereocenters. The van der Waals surface area contributed by atoms with Crippen molar-refractivity contribution in [3.05, 3.63) is 21.8 Å². The molecule has 1 heterocycles. The largest absolute Gasteiger partial charge is 0.480 e. The van der Waals surface area contributed by atoms with E-state index in [1.165, 1.54) is 7.11 Å². The zero-order valence-electron chi connectivity index (χ0n) is 6.52. The minimum atomic E-state index is -2.69. The van der Waals surface area contributed by atoms with Crippen LogP contribution in [0.1, 0.15) is 12.0 Å². The summed E-state index contributed by atoms with van der Waals surface area (Å²) in [5.41, 5.74) is -0.396. The summed E-state index contributed by atoms with van der Waals surface area (Å²) in [7, 11) is 1.33. The van der Waals surface area contributed by atoms with Gasteiger partial charge in [0.05, 0.1) is 12.7 Å². The van der Waals surface area contributed by atoms with Crippen LogP contribution in [-0.2, 0) is 0 Å². The summed E-state index contributed by atoms with van der Waals surface area (Å²) in [4.78, 5) is 3.54. The highest BCUT2D eigenvalue weighted by Crippen LogP contribution is 2.32. The summed E-state index contributed by atoms with van der Waals surface area (Å²) in [6.07, 6.45) is -2.69. The van der Waals surface area contributed by atoms with Crippen LogP contribution in [0.3, 0.4) is 0 Å². The molecular weight excluding hydrogens is 223 g/mol. The number of alkyl halides is 2. The van der Waals surface area contributed by atoms with Crippen molar-refractivity contribution >= 4 is 23.2 Å². The van der Waals surface area contributed by atoms with Gasteiger partial charge in [-0.15, -0.1) is 0 Å². The molecule has 13 heavy (non-hydrogen) atoms. The lowest BCUT2D eigenvalue weighted by Crippen LogP contribution is -1.94. The molecule has 0 N–H and O–H groups in total. The number of methoxy groups -OCH3 is 1. The molecule has 0 bridgehead atoms. The topological polar surface area (TPSA) is 22.1 Å². The van der Waals surface area contributed by atoms with Gasteiger partial charge in [-0.05, 0) is 6.07 Å². The van der Waals surface area contributed by atoms with Crippen molar-refractivity contribution in [2.45, 2.75) is 6.43 Å². The first-order valence-corrected chi connectivity index (χ1v) is 4.00. The molecule has 0 spiro atoms. The Hall–Kier alpha value is -0.610. The highest BCUT2D eigenvalue weighted by molar-refractivity contribution is 6.33. The van der Waals surface area contributed by atoms with Gasteiger partial charge in [0.1, 0.15) is 10.2 Å². The molecule has 1 aromatic rings. The fourth-order valence-electron chi connectivity index (χ4n) is 0.761. The number of rotatable bonds is 2. The van der Waals surface area contributed by atoms with Crippen molar-refractivity contribution < 1.29 is 13.5 Å². The lowest BCUT2D eigenvalue weighted by atomic mass is 10.3. The van der Waals surface area contributed by atoms with Crippen molar-refractivity contribution in [1.29, 1.82) is 0 Å². The van der Waals surface area contributed by atoms with Crippen LogP contribution in [0.5, 0.6) is 5.88 Å². The molecule has 0 amide bonds. The van der Waals surface area contributed by atoms with Gasteiger partial charge in [0.2, 0.25) is 5.88 Å². The van der Waals surface area contributed by atoms with E-state index in [1.54, 1.807) is 0 Å². The Morgan fingerprint density at radius 1 is 1.46 bits per heavy atom. The number of pyridine rings is 1. The number of halogens is 4. The monoisotopic (exact) mass is 227 g/mol. The molecule has 72 valence electrons. The molecule has 0 aliphatic heterocycles. The maximum atomic E-state index is 12.2. The zero-order chi connectivity index (χ0) is 10.0. The average Bonchev–Trinajstić information content (AvgIpc) is 2.07. The fourth-order valence-corrected chi connectivity index (χ4v) is 1.21. The number of aromatic nitrogens is 1. The van der Waals surface area contributed by atoms with Gasteiger partial charge in [-0.3, -0.25) is 0 Å². The van der Waals surface area contributed by atoms with Gasteiger partial charge in [-0.1, -0.05) is 23.2 Å². The summed E-state index contributed by atoms with van der Waals surface area (Å²) in [5, 5.41) is -0.279. The van der Waals surface area contributed by atoms with Crippen LogP contribution in [0, 0.1) is 0 Å². The van der Waals surface area contributed by atoms with Gasteiger partial charge in [0, 0.05) is 0 Å². The molecule has 6 heteroatoms. The van der Waals surface area contributed by atoms with Gasteiger partial charge in [0.15, 0.2) is 0 Å². The van der Waals surface area contributed by atoms with E-state index in [0.717, 1.165) is 6.07 Å². The lowest BCUT2D eigenvalue weighted by Gasteiger charge is -2.06. The number of hydrogen-bond donors (Lipinski definition) is 0. The molecule has 1 aromatic heterocycles. The van der Waals surface area contributed by atoms with E-state index >= 15 is 0 Å². The van der Waals surface area contributed by atoms with E-state index < -0.39 is 12.0 Å². The minimum Gasteiger partial charge on any atom is -0.480 e. The predicted octanol–water partition coefficient (Wildman–Crippen LogP) is 3.33. The molecule has 2 nitrogen and oxygen atoms in total. The number of hydrogen-bond acceptors (Lipinski definition) is 2. The second-order valence-electron chi connectivity index (χ2n) is 2.16. The third kappa shape index (κ3) is 2.19. The fraction of sp³-hybridized carbons (Fsp3) is 0.286.